The first-order valence-electron chi connectivity index (χ1n) is 4.72. The Hall–Kier alpha value is -1.55. The van der Waals surface area contributed by atoms with E-state index in [0.29, 0.717) is 13.2 Å². The first-order valence-corrected chi connectivity index (χ1v) is 4.72. The van der Waals surface area contributed by atoms with Crippen LogP contribution in [0.25, 0.3) is 0 Å². The van der Waals surface area contributed by atoms with E-state index < -0.39 is 0 Å². The van der Waals surface area contributed by atoms with Crippen LogP contribution in [0.5, 0.6) is 5.75 Å². The van der Waals surface area contributed by atoms with Gasteiger partial charge in [-0.1, -0.05) is 0 Å². The number of anilines is 1. The fourth-order valence-corrected chi connectivity index (χ4v) is 1.08. The van der Waals surface area contributed by atoms with Gasteiger partial charge < -0.3 is 14.8 Å². The van der Waals surface area contributed by atoms with Gasteiger partial charge in [0.2, 0.25) is 5.91 Å². The number of carbonyl (C=O) groups is 1. The third-order valence-electron chi connectivity index (χ3n) is 1.73. The molecule has 82 valence electrons. The molecule has 0 atom stereocenters. The molecular formula is C11H15NO3. The molecule has 0 saturated carbocycles. The van der Waals surface area contributed by atoms with Crippen molar-refractivity contribution in [3.05, 3.63) is 24.3 Å². The molecule has 15 heavy (non-hydrogen) atoms. The Balaban J connectivity index is 2.45. The first kappa shape index (κ1) is 11.5. The van der Waals surface area contributed by atoms with Crippen molar-refractivity contribution in [1.29, 1.82) is 0 Å². The standard InChI is InChI=1S/C11H15NO3/c1-9(13)12-10-3-5-11(6-4-10)15-8-7-14-2/h3-6H,7-8H2,1-2H3,(H,12,13). The summed E-state index contributed by atoms with van der Waals surface area (Å²) in [6.07, 6.45) is 0. The van der Waals surface area contributed by atoms with Crippen molar-refractivity contribution in [2.75, 3.05) is 25.6 Å². The maximum absolute atomic E-state index is 10.8. The van der Waals surface area contributed by atoms with Crippen LogP contribution in [-0.4, -0.2) is 26.2 Å². The minimum absolute atomic E-state index is 0.0805. The fourth-order valence-electron chi connectivity index (χ4n) is 1.08. The summed E-state index contributed by atoms with van der Waals surface area (Å²) >= 11 is 0. The SMILES string of the molecule is COCCOc1ccc(NC(C)=O)cc1. The minimum atomic E-state index is -0.0805. The highest BCUT2D eigenvalue weighted by atomic mass is 16.5. The van der Waals surface area contributed by atoms with Gasteiger partial charge in [0.25, 0.3) is 0 Å². The summed E-state index contributed by atoms with van der Waals surface area (Å²) in [5.41, 5.74) is 0.765. The van der Waals surface area contributed by atoms with Gasteiger partial charge in [-0.2, -0.15) is 0 Å². The normalized spacial score (nSPS) is 9.73. The molecule has 0 fully saturated rings. The lowest BCUT2D eigenvalue weighted by Gasteiger charge is -2.06. The monoisotopic (exact) mass is 209 g/mol. The van der Waals surface area contributed by atoms with Gasteiger partial charge in [-0.3, -0.25) is 4.79 Å². The van der Waals surface area contributed by atoms with Crippen LogP contribution in [-0.2, 0) is 9.53 Å². The fraction of sp³-hybridized carbons (Fsp3) is 0.364. The third kappa shape index (κ3) is 4.46. The van der Waals surface area contributed by atoms with Gasteiger partial charge in [-0.05, 0) is 24.3 Å². The predicted octanol–water partition coefficient (Wildman–Crippen LogP) is 1.67. The second-order valence-corrected chi connectivity index (χ2v) is 3.05. The Kier molecular flexibility index (Phi) is 4.63. The summed E-state index contributed by atoms with van der Waals surface area (Å²) in [4.78, 5) is 10.8. The van der Waals surface area contributed by atoms with Gasteiger partial charge in [0.05, 0.1) is 6.61 Å². The lowest BCUT2D eigenvalue weighted by atomic mass is 10.3. The van der Waals surface area contributed by atoms with E-state index in [4.69, 9.17) is 9.47 Å². The van der Waals surface area contributed by atoms with Crippen LogP contribution in [0.15, 0.2) is 24.3 Å². The number of carbonyl (C=O) groups excluding carboxylic acids is 1. The van der Waals surface area contributed by atoms with Gasteiger partial charge in [-0.25, -0.2) is 0 Å². The van der Waals surface area contributed by atoms with Gasteiger partial charge in [0, 0.05) is 19.7 Å². The second-order valence-electron chi connectivity index (χ2n) is 3.05. The second kappa shape index (κ2) is 6.03. The first-order chi connectivity index (χ1) is 7.22. The number of benzene rings is 1. The summed E-state index contributed by atoms with van der Waals surface area (Å²) in [5.74, 6) is 0.684. The molecule has 0 radical (unpaired) electrons. The molecule has 0 aliphatic carbocycles. The number of methoxy groups -OCH3 is 1. The van der Waals surface area contributed by atoms with Crippen molar-refractivity contribution in [2.24, 2.45) is 0 Å². The molecule has 4 nitrogen and oxygen atoms in total. The summed E-state index contributed by atoms with van der Waals surface area (Å²) < 4.78 is 10.2. The van der Waals surface area contributed by atoms with Gasteiger partial charge in [0.1, 0.15) is 12.4 Å². The van der Waals surface area contributed by atoms with E-state index in [1.807, 2.05) is 0 Å². The van der Waals surface area contributed by atoms with Crippen molar-refractivity contribution in [1.82, 2.24) is 0 Å². The summed E-state index contributed by atoms with van der Waals surface area (Å²) in [6.45, 7) is 2.56. The number of ether oxygens (including phenoxy) is 2. The zero-order valence-corrected chi connectivity index (χ0v) is 8.95. The predicted molar refractivity (Wildman–Crippen MR) is 58.1 cm³/mol. The zero-order valence-electron chi connectivity index (χ0n) is 8.95. The average Bonchev–Trinajstić information content (AvgIpc) is 2.20. The largest absolute Gasteiger partial charge is 0.491 e. The van der Waals surface area contributed by atoms with Crippen LogP contribution in [0, 0.1) is 0 Å². The Morgan fingerprint density at radius 3 is 2.47 bits per heavy atom. The number of rotatable bonds is 5. The molecular weight excluding hydrogens is 194 g/mol. The minimum Gasteiger partial charge on any atom is -0.491 e. The lowest BCUT2D eigenvalue weighted by Crippen LogP contribution is -2.06. The van der Waals surface area contributed by atoms with Crippen molar-refractivity contribution in [2.45, 2.75) is 6.92 Å². The van der Waals surface area contributed by atoms with Crippen molar-refractivity contribution in [3.63, 3.8) is 0 Å². The van der Waals surface area contributed by atoms with E-state index >= 15 is 0 Å². The molecule has 1 amide bonds. The molecule has 0 heterocycles. The maximum atomic E-state index is 10.8. The van der Waals surface area contributed by atoms with E-state index in [1.54, 1.807) is 31.4 Å². The quantitative estimate of drug-likeness (QED) is 0.750. The van der Waals surface area contributed by atoms with Gasteiger partial charge >= 0.3 is 0 Å². The lowest BCUT2D eigenvalue weighted by molar-refractivity contribution is -0.114. The van der Waals surface area contributed by atoms with Crippen molar-refractivity contribution < 1.29 is 14.3 Å². The molecule has 1 aromatic carbocycles. The highest BCUT2D eigenvalue weighted by Gasteiger charge is 1.96. The average molecular weight is 209 g/mol. The van der Waals surface area contributed by atoms with Gasteiger partial charge in [-0.15, -0.1) is 0 Å². The van der Waals surface area contributed by atoms with E-state index in [0.717, 1.165) is 11.4 Å². The Labute approximate surface area is 89.2 Å². The topological polar surface area (TPSA) is 47.6 Å². The number of hydrogen-bond donors (Lipinski definition) is 1. The van der Waals surface area contributed by atoms with Gasteiger partial charge in [0.15, 0.2) is 0 Å². The van der Waals surface area contributed by atoms with Crippen LogP contribution in [0.3, 0.4) is 0 Å². The van der Waals surface area contributed by atoms with Crippen molar-refractivity contribution >= 4 is 11.6 Å². The molecule has 0 saturated heterocycles. The third-order valence-corrected chi connectivity index (χ3v) is 1.73. The molecule has 1 N–H and O–H groups in total. The Morgan fingerprint density at radius 2 is 1.93 bits per heavy atom. The van der Waals surface area contributed by atoms with E-state index in [-0.39, 0.29) is 5.91 Å². The smallest absolute Gasteiger partial charge is 0.221 e. The summed E-state index contributed by atoms with van der Waals surface area (Å²) in [7, 11) is 1.63. The van der Waals surface area contributed by atoms with Crippen LogP contribution in [0.1, 0.15) is 6.92 Å². The Morgan fingerprint density at radius 1 is 1.27 bits per heavy atom. The van der Waals surface area contributed by atoms with Crippen LogP contribution < -0.4 is 10.1 Å². The summed E-state index contributed by atoms with van der Waals surface area (Å²) in [6, 6.07) is 7.20. The molecule has 1 aromatic rings. The molecule has 0 aliphatic rings. The molecule has 4 heteroatoms. The highest BCUT2D eigenvalue weighted by Crippen LogP contribution is 2.15. The summed E-state index contributed by atoms with van der Waals surface area (Å²) in [5, 5.41) is 2.68. The maximum Gasteiger partial charge on any atom is 0.221 e. The number of nitrogens with one attached hydrogen (secondary N) is 1. The van der Waals surface area contributed by atoms with Crippen LogP contribution in [0.4, 0.5) is 5.69 Å². The zero-order chi connectivity index (χ0) is 11.1. The molecule has 0 spiro atoms. The molecule has 0 aromatic heterocycles. The number of hydrogen-bond acceptors (Lipinski definition) is 3. The Bertz CT molecular complexity index is 308. The molecule has 0 bridgehead atoms. The molecule has 1 rings (SSSR count). The van der Waals surface area contributed by atoms with E-state index in [2.05, 4.69) is 5.32 Å². The highest BCUT2D eigenvalue weighted by molar-refractivity contribution is 5.88. The van der Waals surface area contributed by atoms with E-state index in [1.165, 1.54) is 6.92 Å². The van der Waals surface area contributed by atoms with Crippen LogP contribution in [0.2, 0.25) is 0 Å². The molecule has 0 unspecified atom stereocenters. The molecule has 0 aliphatic heterocycles. The van der Waals surface area contributed by atoms with E-state index in [9.17, 15) is 4.79 Å². The number of amides is 1. The van der Waals surface area contributed by atoms with Crippen molar-refractivity contribution in [3.8, 4) is 5.75 Å². The van der Waals surface area contributed by atoms with Crippen LogP contribution >= 0.6 is 0 Å².